The predicted octanol–water partition coefficient (Wildman–Crippen LogP) is 3.70. The van der Waals surface area contributed by atoms with Crippen molar-refractivity contribution in [3.63, 3.8) is 0 Å². The summed E-state index contributed by atoms with van der Waals surface area (Å²) in [4.78, 5) is 51.5. The van der Waals surface area contributed by atoms with Crippen LogP contribution in [0.2, 0.25) is 0 Å². The lowest BCUT2D eigenvalue weighted by molar-refractivity contribution is -0.144. The van der Waals surface area contributed by atoms with Crippen LogP contribution in [0.3, 0.4) is 0 Å². The van der Waals surface area contributed by atoms with Gasteiger partial charge in [0.15, 0.2) is 0 Å². The Balaban J connectivity index is 1.36. The van der Waals surface area contributed by atoms with Crippen LogP contribution in [0.5, 0.6) is 0 Å². The SMILES string of the molecule is C[C@H](NC(=O)CN1C(=O)C(=O)N(CCC2=CCCCC2)C1=O)c1ccc2ccccc2c1. The van der Waals surface area contributed by atoms with Gasteiger partial charge in [-0.05, 0) is 61.4 Å². The van der Waals surface area contributed by atoms with Crippen LogP contribution in [0.15, 0.2) is 54.1 Å². The summed E-state index contributed by atoms with van der Waals surface area (Å²) in [6.07, 6.45) is 6.96. The molecule has 2 aromatic rings. The molecule has 1 aliphatic carbocycles. The second-order valence-corrected chi connectivity index (χ2v) is 8.38. The Kier molecular flexibility index (Phi) is 6.35. The maximum Gasteiger partial charge on any atom is 0.334 e. The summed E-state index contributed by atoms with van der Waals surface area (Å²) in [6.45, 7) is 1.53. The van der Waals surface area contributed by atoms with Gasteiger partial charge in [-0.2, -0.15) is 0 Å². The average Bonchev–Trinajstić information content (AvgIpc) is 3.00. The van der Waals surface area contributed by atoms with Gasteiger partial charge in [0.1, 0.15) is 6.54 Å². The Morgan fingerprint density at radius 1 is 1.00 bits per heavy atom. The number of imide groups is 2. The van der Waals surface area contributed by atoms with Crippen molar-refractivity contribution in [3.8, 4) is 0 Å². The number of rotatable bonds is 7. The third kappa shape index (κ3) is 4.56. The molecule has 7 heteroatoms. The van der Waals surface area contributed by atoms with Gasteiger partial charge < -0.3 is 5.32 Å². The number of benzene rings is 2. The van der Waals surface area contributed by atoms with Crippen LogP contribution in [0.4, 0.5) is 4.79 Å². The Bertz CT molecular complexity index is 1110. The fourth-order valence-corrected chi connectivity index (χ4v) is 4.27. The van der Waals surface area contributed by atoms with Crippen LogP contribution in [0, 0.1) is 0 Å². The Morgan fingerprint density at radius 2 is 1.75 bits per heavy atom. The third-order valence-corrected chi connectivity index (χ3v) is 6.13. The molecule has 1 atom stereocenters. The first-order valence-electron chi connectivity index (χ1n) is 11.1. The van der Waals surface area contributed by atoms with Gasteiger partial charge in [0.05, 0.1) is 6.04 Å². The van der Waals surface area contributed by atoms with Crippen LogP contribution in [-0.2, 0) is 14.4 Å². The first-order valence-corrected chi connectivity index (χ1v) is 11.1. The van der Waals surface area contributed by atoms with Crippen molar-refractivity contribution in [2.24, 2.45) is 0 Å². The van der Waals surface area contributed by atoms with E-state index in [4.69, 9.17) is 0 Å². The molecule has 5 amide bonds. The maximum absolute atomic E-state index is 12.6. The molecule has 1 aliphatic heterocycles. The lowest BCUT2D eigenvalue weighted by Gasteiger charge is -2.19. The van der Waals surface area contributed by atoms with Gasteiger partial charge >= 0.3 is 17.8 Å². The van der Waals surface area contributed by atoms with Crippen LogP contribution in [0.25, 0.3) is 10.8 Å². The molecular formula is C25H27N3O4. The molecule has 0 spiro atoms. The quantitative estimate of drug-likeness (QED) is 0.410. The molecule has 2 aromatic carbocycles. The van der Waals surface area contributed by atoms with E-state index in [9.17, 15) is 19.2 Å². The second kappa shape index (κ2) is 9.34. The number of hydrogen-bond donors (Lipinski definition) is 1. The minimum atomic E-state index is -0.943. The van der Waals surface area contributed by atoms with Gasteiger partial charge in [-0.25, -0.2) is 9.69 Å². The van der Waals surface area contributed by atoms with Crippen molar-refractivity contribution in [2.75, 3.05) is 13.1 Å². The van der Waals surface area contributed by atoms with Crippen molar-refractivity contribution >= 4 is 34.5 Å². The van der Waals surface area contributed by atoms with Crippen LogP contribution >= 0.6 is 0 Å². The normalized spacial score (nSPS) is 17.7. The van der Waals surface area contributed by atoms with Crippen molar-refractivity contribution in [1.82, 2.24) is 15.1 Å². The lowest BCUT2D eigenvalue weighted by Crippen LogP contribution is -2.42. The molecule has 0 unspecified atom stereocenters. The summed E-state index contributed by atoms with van der Waals surface area (Å²) in [5.41, 5.74) is 2.12. The fourth-order valence-electron chi connectivity index (χ4n) is 4.27. The summed E-state index contributed by atoms with van der Waals surface area (Å²) >= 11 is 0. The lowest BCUT2D eigenvalue weighted by atomic mass is 9.97. The standard InChI is InChI=1S/C25H27N3O4/c1-17(20-12-11-19-9-5-6-10-21(19)15-20)26-22(29)16-28-24(31)23(30)27(25(28)32)14-13-18-7-3-2-4-8-18/h5-7,9-12,15,17H,2-4,8,13-14,16H2,1H3,(H,26,29)/t17-/m0/s1. The number of hydrogen-bond acceptors (Lipinski definition) is 4. The van der Waals surface area contributed by atoms with Gasteiger partial charge in [-0.1, -0.05) is 48.0 Å². The zero-order valence-corrected chi connectivity index (χ0v) is 18.2. The molecule has 1 saturated heterocycles. The highest BCUT2D eigenvalue weighted by Crippen LogP contribution is 2.23. The minimum absolute atomic E-state index is 0.168. The van der Waals surface area contributed by atoms with E-state index in [2.05, 4.69) is 11.4 Å². The van der Waals surface area contributed by atoms with E-state index in [1.54, 1.807) is 0 Å². The molecule has 166 valence electrons. The minimum Gasteiger partial charge on any atom is -0.348 e. The van der Waals surface area contributed by atoms with Crippen LogP contribution in [0.1, 0.15) is 50.6 Å². The number of urea groups is 1. The third-order valence-electron chi connectivity index (χ3n) is 6.13. The summed E-state index contributed by atoms with van der Waals surface area (Å²) in [7, 11) is 0. The monoisotopic (exact) mass is 433 g/mol. The molecule has 32 heavy (non-hydrogen) atoms. The summed E-state index contributed by atoms with van der Waals surface area (Å²) in [5, 5.41) is 4.98. The molecule has 1 N–H and O–H groups in total. The molecule has 0 aromatic heterocycles. The fraction of sp³-hybridized carbons (Fsp3) is 0.360. The summed E-state index contributed by atoms with van der Waals surface area (Å²) in [5.74, 6) is -2.29. The van der Waals surface area contributed by atoms with Gasteiger partial charge in [0.2, 0.25) is 5.91 Å². The van der Waals surface area contributed by atoms with E-state index >= 15 is 0 Å². The largest absolute Gasteiger partial charge is 0.348 e. The van der Waals surface area contributed by atoms with E-state index < -0.39 is 30.3 Å². The maximum atomic E-state index is 12.6. The molecule has 1 heterocycles. The molecule has 1 fully saturated rings. The number of carbonyl (C=O) groups excluding carboxylic acids is 4. The predicted molar refractivity (Wildman–Crippen MR) is 120 cm³/mol. The van der Waals surface area contributed by atoms with E-state index in [-0.39, 0.29) is 12.6 Å². The topological polar surface area (TPSA) is 86.8 Å². The zero-order chi connectivity index (χ0) is 22.7. The molecule has 0 radical (unpaired) electrons. The zero-order valence-electron chi connectivity index (χ0n) is 18.2. The van der Waals surface area contributed by atoms with E-state index in [0.29, 0.717) is 6.42 Å². The molecule has 2 aliphatic rings. The van der Waals surface area contributed by atoms with Crippen LogP contribution < -0.4 is 5.32 Å². The summed E-state index contributed by atoms with van der Waals surface area (Å²) < 4.78 is 0. The number of nitrogens with zero attached hydrogens (tertiary/aromatic N) is 2. The van der Waals surface area contributed by atoms with Crippen molar-refractivity contribution in [3.05, 3.63) is 59.7 Å². The molecule has 7 nitrogen and oxygen atoms in total. The average molecular weight is 434 g/mol. The van der Waals surface area contributed by atoms with Gasteiger partial charge in [0, 0.05) is 6.54 Å². The Labute approximate surface area is 187 Å². The van der Waals surface area contributed by atoms with Gasteiger partial charge in [-0.3, -0.25) is 19.3 Å². The number of fused-ring (bicyclic) bond motifs is 1. The first kappa shape index (κ1) is 21.7. The van der Waals surface area contributed by atoms with E-state index in [1.807, 2.05) is 49.4 Å². The number of nitrogens with one attached hydrogen (secondary N) is 1. The number of carbonyl (C=O) groups is 4. The van der Waals surface area contributed by atoms with Gasteiger partial charge in [-0.15, -0.1) is 0 Å². The molecule has 4 rings (SSSR count). The first-order chi connectivity index (χ1) is 15.4. The van der Waals surface area contributed by atoms with Crippen molar-refractivity contribution in [1.29, 1.82) is 0 Å². The Morgan fingerprint density at radius 3 is 2.50 bits per heavy atom. The van der Waals surface area contributed by atoms with Crippen molar-refractivity contribution in [2.45, 2.75) is 45.1 Å². The highest BCUT2D eigenvalue weighted by atomic mass is 16.2. The smallest absolute Gasteiger partial charge is 0.334 e. The molecule has 0 bridgehead atoms. The number of allylic oxidation sites excluding steroid dienone is 1. The molecule has 0 saturated carbocycles. The highest BCUT2D eigenvalue weighted by Gasteiger charge is 2.45. The van der Waals surface area contributed by atoms with Crippen molar-refractivity contribution < 1.29 is 19.2 Å². The van der Waals surface area contributed by atoms with E-state index in [1.165, 1.54) is 5.57 Å². The van der Waals surface area contributed by atoms with E-state index in [0.717, 1.165) is 51.8 Å². The highest BCUT2D eigenvalue weighted by molar-refractivity contribution is 6.45. The Hall–Kier alpha value is -3.48. The second-order valence-electron chi connectivity index (χ2n) is 8.38. The molecular weight excluding hydrogens is 406 g/mol. The van der Waals surface area contributed by atoms with Gasteiger partial charge in [0.25, 0.3) is 0 Å². The summed E-state index contributed by atoms with van der Waals surface area (Å²) in [6, 6.07) is 12.8. The number of amides is 5. The van der Waals surface area contributed by atoms with Crippen LogP contribution in [-0.4, -0.2) is 46.6 Å².